The topological polar surface area (TPSA) is 55.2 Å². The Bertz CT molecular complexity index is 736. The summed E-state index contributed by atoms with van der Waals surface area (Å²) in [6.07, 6.45) is 0. The number of hydrogen-bond acceptors (Lipinski definition) is 4. The first-order valence-electron chi connectivity index (χ1n) is 8.95. The lowest BCUT2D eigenvalue weighted by atomic mass is 10.0. The van der Waals surface area contributed by atoms with Gasteiger partial charge in [-0.05, 0) is 24.3 Å². The molecule has 27 heavy (non-hydrogen) atoms. The highest BCUT2D eigenvalue weighted by Crippen LogP contribution is 2.28. The number of amides is 1. The number of methoxy groups -OCH3 is 2. The number of nitrogens with one attached hydrogen (secondary N) is 2. The van der Waals surface area contributed by atoms with Crippen molar-refractivity contribution in [3.05, 3.63) is 53.6 Å². The number of nitrogens with zero attached hydrogens (tertiary/aromatic N) is 1. The minimum Gasteiger partial charge on any atom is -0.496 e. The molecule has 0 saturated carbocycles. The lowest BCUT2D eigenvalue weighted by molar-refractivity contribution is -0.890. The van der Waals surface area contributed by atoms with Crippen LogP contribution in [0.3, 0.4) is 0 Å². The summed E-state index contributed by atoms with van der Waals surface area (Å²) >= 11 is 0. The normalized spacial score (nSPS) is 11.8. The van der Waals surface area contributed by atoms with E-state index >= 15 is 0 Å². The monoisotopic (exact) mass is 372 g/mol. The smallest absolute Gasteiger partial charge is 0.259 e. The van der Waals surface area contributed by atoms with Crippen molar-refractivity contribution in [3.63, 3.8) is 0 Å². The number of carbonyl (C=O) groups excluding carboxylic acids is 1. The average Bonchev–Trinajstić information content (AvgIpc) is 2.67. The standard InChI is InChI=1S/C21H29N3O3/c1-23(2)16-12-10-15(11-13-16)17(24(3)4)14-22-21(25)20-18(26-5)8-7-9-19(20)27-6/h7-13,17H,14H2,1-6H3,(H,22,25)/p+1/t17-/m1/s1. The van der Waals surface area contributed by atoms with Crippen LogP contribution in [0.1, 0.15) is 22.0 Å². The molecule has 0 unspecified atom stereocenters. The molecular formula is C21H30N3O3+. The van der Waals surface area contributed by atoms with Crippen molar-refractivity contribution in [1.29, 1.82) is 0 Å². The molecule has 2 N–H and O–H groups in total. The summed E-state index contributed by atoms with van der Waals surface area (Å²) in [6, 6.07) is 13.9. The molecule has 2 aromatic rings. The Morgan fingerprint density at radius 3 is 2.04 bits per heavy atom. The molecule has 0 aliphatic carbocycles. The lowest BCUT2D eigenvalue weighted by Crippen LogP contribution is -3.07. The van der Waals surface area contributed by atoms with E-state index in [2.05, 4.69) is 48.6 Å². The first kappa shape index (κ1) is 20.6. The van der Waals surface area contributed by atoms with Crippen molar-refractivity contribution in [1.82, 2.24) is 5.32 Å². The van der Waals surface area contributed by atoms with Crippen LogP contribution in [-0.2, 0) is 0 Å². The number of rotatable bonds is 8. The number of carbonyl (C=O) groups is 1. The fourth-order valence-electron chi connectivity index (χ4n) is 3.02. The first-order valence-corrected chi connectivity index (χ1v) is 8.95. The van der Waals surface area contributed by atoms with E-state index < -0.39 is 0 Å². The SMILES string of the molecule is COc1cccc(OC)c1C(=O)NC[C@H](c1ccc(N(C)C)cc1)[NH+](C)C. The molecule has 0 aliphatic rings. The number of ether oxygens (including phenoxy) is 2. The Hall–Kier alpha value is -2.73. The second kappa shape index (κ2) is 9.28. The van der Waals surface area contributed by atoms with Crippen LogP contribution in [0, 0.1) is 0 Å². The van der Waals surface area contributed by atoms with Gasteiger partial charge in [0.25, 0.3) is 5.91 Å². The fourth-order valence-corrected chi connectivity index (χ4v) is 3.02. The van der Waals surface area contributed by atoms with Crippen molar-refractivity contribution in [2.75, 3.05) is 53.9 Å². The van der Waals surface area contributed by atoms with E-state index in [1.807, 2.05) is 14.1 Å². The van der Waals surface area contributed by atoms with Gasteiger partial charge in [-0.2, -0.15) is 0 Å². The molecule has 0 radical (unpaired) electrons. The van der Waals surface area contributed by atoms with E-state index in [-0.39, 0.29) is 11.9 Å². The molecule has 1 amide bonds. The summed E-state index contributed by atoms with van der Waals surface area (Å²) in [5.41, 5.74) is 2.74. The molecule has 6 nitrogen and oxygen atoms in total. The fraction of sp³-hybridized carbons (Fsp3) is 0.381. The molecule has 2 aromatic carbocycles. The van der Waals surface area contributed by atoms with E-state index in [9.17, 15) is 4.79 Å². The summed E-state index contributed by atoms with van der Waals surface area (Å²) < 4.78 is 10.7. The molecule has 0 saturated heterocycles. The maximum atomic E-state index is 12.8. The molecular weight excluding hydrogens is 342 g/mol. The van der Waals surface area contributed by atoms with Crippen molar-refractivity contribution < 1.29 is 19.2 Å². The Morgan fingerprint density at radius 1 is 1.04 bits per heavy atom. The number of likely N-dealkylation sites (N-methyl/N-ethyl adjacent to an activating group) is 1. The van der Waals surface area contributed by atoms with Gasteiger partial charge in [0.15, 0.2) is 0 Å². The summed E-state index contributed by atoms with van der Waals surface area (Å²) in [7, 11) is 11.3. The van der Waals surface area contributed by atoms with E-state index in [1.54, 1.807) is 32.4 Å². The predicted octanol–water partition coefficient (Wildman–Crippen LogP) is 1.39. The van der Waals surface area contributed by atoms with Crippen molar-refractivity contribution >= 4 is 11.6 Å². The van der Waals surface area contributed by atoms with Gasteiger partial charge in [0.1, 0.15) is 23.1 Å². The van der Waals surface area contributed by atoms with E-state index in [1.165, 1.54) is 10.5 Å². The Kier molecular flexibility index (Phi) is 7.07. The summed E-state index contributed by atoms with van der Waals surface area (Å²) in [5.74, 6) is 0.785. The quantitative estimate of drug-likeness (QED) is 0.735. The molecule has 0 aromatic heterocycles. The Balaban J connectivity index is 2.18. The molecule has 0 aliphatic heterocycles. The van der Waals surface area contributed by atoms with Gasteiger partial charge in [-0.25, -0.2) is 0 Å². The average molecular weight is 372 g/mol. The van der Waals surface area contributed by atoms with E-state index in [4.69, 9.17) is 9.47 Å². The number of hydrogen-bond donors (Lipinski definition) is 2. The molecule has 2 rings (SSSR count). The molecule has 146 valence electrons. The lowest BCUT2D eigenvalue weighted by Gasteiger charge is -2.23. The molecule has 0 heterocycles. The third-order valence-electron chi connectivity index (χ3n) is 4.63. The van der Waals surface area contributed by atoms with Crippen LogP contribution in [-0.4, -0.2) is 54.9 Å². The van der Waals surface area contributed by atoms with Crippen LogP contribution >= 0.6 is 0 Å². The minimum absolute atomic E-state index is 0.130. The second-order valence-corrected chi connectivity index (χ2v) is 6.86. The predicted molar refractivity (Wildman–Crippen MR) is 108 cm³/mol. The van der Waals surface area contributed by atoms with Crippen molar-refractivity contribution in [2.24, 2.45) is 0 Å². The zero-order valence-corrected chi connectivity index (χ0v) is 17.0. The third kappa shape index (κ3) is 4.92. The largest absolute Gasteiger partial charge is 0.496 e. The van der Waals surface area contributed by atoms with Gasteiger partial charge in [-0.15, -0.1) is 0 Å². The second-order valence-electron chi connectivity index (χ2n) is 6.86. The van der Waals surface area contributed by atoms with Gasteiger partial charge in [0.05, 0.1) is 34.9 Å². The highest BCUT2D eigenvalue weighted by atomic mass is 16.5. The van der Waals surface area contributed by atoms with Crippen LogP contribution in [0.15, 0.2) is 42.5 Å². The van der Waals surface area contributed by atoms with Crippen molar-refractivity contribution in [2.45, 2.75) is 6.04 Å². The zero-order chi connectivity index (χ0) is 20.0. The van der Waals surface area contributed by atoms with Gasteiger partial charge in [-0.3, -0.25) is 4.79 Å². The molecule has 1 atom stereocenters. The summed E-state index contributed by atoms with van der Waals surface area (Å²) in [4.78, 5) is 16.1. The van der Waals surface area contributed by atoms with Gasteiger partial charge in [-0.1, -0.05) is 18.2 Å². The van der Waals surface area contributed by atoms with Crippen LogP contribution < -0.4 is 24.6 Å². The Morgan fingerprint density at radius 2 is 1.59 bits per heavy atom. The van der Waals surface area contributed by atoms with Gasteiger partial charge in [0.2, 0.25) is 0 Å². The van der Waals surface area contributed by atoms with Gasteiger partial charge < -0.3 is 24.6 Å². The minimum atomic E-state index is -0.208. The summed E-state index contributed by atoms with van der Waals surface area (Å²) in [6.45, 7) is 0.504. The van der Waals surface area contributed by atoms with Crippen molar-refractivity contribution in [3.8, 4) is 11.5 Å². The highest BCUT2D eigenvalue weighted by Gasteiger charge is 2.22. The third-order valence-corrected chi connectivity index (χ3v) is 4.63. The maximum absolute atomic E-state index is 12.8. The molecule has 0 fully saturated rings. The maximum Gasteiger partial charge on any atom is 0.259 e. The van der Waals surface area contributed by atoms with Crippen LogP contribution in [0.25, 0.3) is 0 Å². The molecule has 0 bridgehead atoms. The zero-order valence-electron chi connectivity index (χ0n) is 17.0. The number of anilines is 1. The number of quaternary nitrogens is 1. The van der Waals surface area contributed by atoms with Gasteiger partial charge in [0, 0.05) is 25.3 Å². The van der Waals surface area contributed by atoms with Crippen LogP contribution in [0.5, 0.6) is 11.5 Å². The highest BCUT2D eigenvalue weighted by molar-refractivity contribution is 5.99. The molecule has 6 heteroatoms. The Labute approximate surface area is 161 Å². The van der Waals surface area contributed by atoms with Crippen LogP contribution in [0.2, 0.25) is 0 Å². The van der Waals surface area contributed by atoms with E-state index in [0.29, 0.717) is 23.6 Å². The number of benzene rings is 2. The first-order chi connectivity index (χ1) is 12.9. The molecule has 0 spiro atoms. The summed E-state index contributed by atoms with van der Waals surface area (Å²) in [5, 5.41) is 3.04. The van der Waals surface area contributed by atoms with E-state index in [0.717, 1.165) is 5.69 Å². The van der Waals surface area contributed by atoms with Crippen LogP contribution in [0.4, 0.5) is 5.69 Å². The van der Waals surface area contributed by atoms with Gasteiger partial charge >= 0.3 is 0 Å².